The van der Waals surface area contributed by atoms with E-state index >= 15 is 0 Å². The van der Waals surface area contributed by atoms with Gasteiger partial charge in [-0.2, -0.15) is 0 Å². The molecule has 2 aromatic carbocycles. The maximum Gasteiger partial charge on any atom is 0.336 e. The lowest BCUT2D eigenvalue weighted by molar-refractivity contribution is 0.0244. The van der Waals surface area contributed by atoms with E-state index < -0.39 is 5.63 Å². The molecule has 0 aliphatic carbocycles. The van der Waals surface area contributed by atoms with Crippen LogP contribution in [0.4, 0.5) is 0 Å². The highest BCUT2D eigenvalue weighted by atomic mass is 16.5. The van der Waals surface area contributed by atoms with Gasteiger partial charge in [-0.05, 0) is 49.1 Å². The van der Waals surface area contributed by atoms with Gasteiger partial charge in [-0.3, -0.25) is 4.79 Å². The van der Waals surface area contributed by atoms with Gasteiger partial charge in [0.15, 0.2) is 0 Å². The third kappa shape index (κ3) is 5.65. The minimum absolute atomic E-state index is 0.0715. The molecule has 1 amide bonds. The van der Waals surface area contributed by atoms with Crippen molar-refractivity contribution in [2.45, 2.75) is 53.5 Å². The number of fused-ring (bicyclic) bond motifs is 1. The monoisotopic (exact) mass is 437 g/mol. The molecule has 2 heterocycles. The lowest BCUT2D eigenvalue weighted by atomic mass is 9.97. The second-order valence-electron chi connectivity index (χ2n) is 7.29. The topological polar surface area (TPSA) is 59.8 Å². The summed E-state index contributed by atoms with van der Waals surface area (Å²) in [5.41, 5.74) is 3.37. The Morgan fingerprint density at radius 3 is 2.38 bits per heavy atom. The molecule has 1 unspecified atom stereocenters. The number of ether oxygens (including phenoxy) is 1. The van der Waals surface area contributed by atoms with Crippen LogP contribution in [0.25, 0.3) is 22.1 Å². The molecule has 1 aliphatic rings. The second-order valence-corrected chi connectivity index (χ2v) is 7.29. The van der Waals surface area contributed by atoms with E-state index in [9.17, 15) is 9.59 Å². The number of aryl methyl sites for hydroxylation is 1. The molecule has 0 N–H and O–H groups in total. The van der Waals surface area contributed by atoms with Gasteiger partial charge in [0.25, 0.3) is 5.91 Å². The first kappa shape index (κ1) is 25.3. The first-order valence-corrected chi connectivity index (χ1v) is 11.5. The molecule has 1 fully saturated rings. The third-order valence-corrected chi connectivity index (χ3v) is 5.43. The number of likely N-dealkylation sites (N-methyl/N-ethyl adjacent to an activating group) is 1. The van der Waals surface area contributed by atoms with Crippen LogP contribution >= 0.6 is 0 Å². The van der Waals surface area contributed by atoms with Crippen molar-refractivity contribution in [2.24, 2.45) is 0 Å². The molecule has 5 nitrogen and oxygen atoms in total. The maximum atomic E-state index is 12.9. The Balaban J connectivity index is 0.000000860. The molecule has 0 bridgehead atoms. The summed E-state index contributed by atoms with van der Waals surface area (Å²) in [5.74, 6) is -0.0960. The number of carbonyl (C=O) groups excluding carboxylic acids is 1. The van der Waals surface area contributed by atoms with Crippen LogP contribution < -0.4 is 5.63 Å². The first-order valence-electron chi connectivity index (χ1n) is 11.5. The number of hydrogen-bond acceptors (Lipinski definition) is 4. The molecule has 172 valence electrons. The van der Waals surface area contributed by atoms with Crippen LogP contribution in [0.2, 0.25) is 0 Å². The van der Waals surface area contributed by atoms with Crippen molar-refractivity contribution in [2.75, 3.05) is 20.3 Å². The minimum Gasteiger partial charge on any atom is -0.423 e. The molecule has 0 saturated carbocycles. The van der Waals surface area contributed by atoms with Gasteiger partial charge in [0.1, 0.15) is 5.58 Å². The average Bonchev–Trinajstić information content (AvgIpc) is 2.85. The Kier molecular flexibility index (Phi) is 9.66. The molecule has 3 aromatic rings. The number of nitrogens with zero attached hydrogens (tertiary/aromatic N) is 1. The van der Waals surface area contributed by atoms with Crippen molar-refractivity contribution >= 4 is 16.9 Å². The Bertz CT molecular complexity index is 1080. The van der Waals surface area contributed by atoms with Gasteiger partial charge in [0, 0.05) is 36.2 Å². The van der Waals surface area contributed by atoms with Crippen LogP contribution in [0.1, 0.15) is 56.5 Å². The molecule has 5 heteroatoms. The largest absolute Gasteiger partial charge is 0.423 e. The standard InChI is InChI=1S/C23H23NO4.2C2H6/c1-15-6-3-4-8-18(15)20-13-22(25)28-21-12-16(9-10-19(20)21)23(26)24(2)17-7-5-11-27-14-17;2*1-2/h3-4,6,8-10,12-13,17H,5,7,11,14H2,1-2H3;2*1-2H3. The SMILES string of the molecule is CC.CC.Cc1ccccc1-c1cc(=O)oc2cc(C(=O)N(C)C3CCCOC3)ccc12. The zero-order valence-corrected chi connectivity index (χ0v) is 20.1. The zero-order chi connectivity index (χ0) is 23.7. The third-order valence-electron chi connectivity index (χ3n) is 5.43. The van der Waals surface area contributed by atoms with Gasteiger partial charge in [0.05, 0.1) is 12.6 Å². The Labute approximate surface area is 191 Å². The highest BCUT2D eigenvalue weighted by Crippen LogP contribution is 2.30. The highest BCUT2D eigenvalue weighted by Gasteiger charge is 2.24. The summed E-state index contributed by atoms with van der Waals surface area (Å²) < 4.78 is 10.9. The number of hydrogen-bond donors (Lipinski definition) is 0. The highest BCUT2D eigenvalue weighted by molar-refractivity contribution is 6.01. The molecule has 1 aromatic heterocycles. The van der Waals surface area contributed by atoms with E-state index in [-0.39, 0.29) is 11.9 Å². The van der Waals surface area contributed by atoms with Crippen molar-refractivity contribution in [1.82, 2.24) is 4.90 Å². The van der Waals surface area contributed by atoms with Crippen molar-refractivity contribution in [1.29, 1.82) is 0 Å². The first-order chi connectivity index (χ1) is 15.5. The molecular weight excluding hydrogens is 402 g/mol. The Morgan fingerprint density at radius 2 is 1.72 bits per heavy atom. The minimum atomic E-state index is -0.426. The van der Waals surface area contributed by atoms with Crippen LogP contribution in [0.3, 0.4) is 0 Å². The van der Waals surface area contributed by atoms with E-state index in [1.165, 1.54) is 6.07 Å². The lowest BCUT2D eigenvalue weighted by Gasteiger charge is -2.31. The quantitative estimate of drug-likeness (QED) is 0.467. The van der Waals surface area contributed by atoms with E-state index in [1.54, 1.807) is 24.1 Å². The average molecular weight is 438 g/mol. The lowest BCUT2D eigenvalue weighted by Crippen LogP contribution is -2.42. The Morgan fingerprint density at radius 1 is 1.00 bits per heavy atom. The van der Waals surface area contributed by atoms with E-state index in [1.807, 2.05) is 65.0 Å². The predicted octanol–water partition coefficient (Wildman–Crippen LogP) is 6.07. The Hall–Kier alpha value is -2.92. The fourth-order valence-electron chi connectivity index (χ4n) is 3.79. The van der Waals surface area contributed by atoms with Gasteiger partial charge in [0.2, 0.25) is 0 Å². The summed E-state index contributed by atoms with van der Waals surface area (Å²) in [5, 5.41) is 0.814. The van der Waals surface area contributed by atoms with Crippen LogP contribution in [-0.4, -0.2) is 37.1 Å². The van der Waals surface area contributed by atoms with Gasteiger partial charge in [-0.15, -0.1) is 0 Å². The molecule has 0 spiro atoms. The summed E-state index contributed by atoms with van der Waals surface area (Å²) in [6, 6.07) is 14.8. The van der Waals surface area contributed by atoms with E-state index in [0.29, 0.717) is 17.8 Å². The van der Waals surface area contributed by atoms with E-state index in [2.05, 4.69) is 0 Å². The number of rotatable bonds is 3. The molecule has 1 atom stereocenters. The summed E-state index contributed by atoms with van der Waals surface area (Å²) >= 11 is 0. The number of amides is 1. The smallest absolute Gasteiger partial charge is 0.336 e. The van der Waals surface area contributed by atoms with Crippen LogP contribution in [-0.2, 0) is 4.74 Å². The summed E-state index contributed by atoms with van der Waals surface area (Å²) in [7, 11) is 1.80. The van der Waals surface area contributed by atoms with Gasteiger partial charge < -0.3 is 14.1 Å². The fourth-order valence-corrected chi connectivity index (χ4v) is 3.79. The normalized spacial score (nSPS) is 15.1. The maximum absolute atomic E-state index is 12.9. The molecule has 1 aliphatic heterocycles. The molecular formula is C27H35NO4. The fraction of sp³-hybridized carbons (Fsp3) is 0.407. The summed E-state index contributed by atoms with van der Waals surface area (Å²) in [6.45, 7) is 11.3. The van der Waals surface area contributed by atoms with Crippen molar-refractivity contribution in [3.63, 3.8) is 0 Å². The van der Waals surface area contributed by atoms with Crippen LogP contribution in [0, 0.1) is 6.92 Å². The summed E-state index contributed by atoms with van der Waals surface area (Å²) in [6.07, 6.45) is 1.89. The van der Waals surface area contributed by atoms with Crippen LogP contribution in [0.15, 0.2) is 57.7 Å². The molecule has 32 heavy (non-hydrogen) atoms. The van der Waals surface area contributed by atoms with Crippen molar-refractivity contribution in [3.8, 4) is 11.1 Å². The van der Waals surface area contributed by atoms with Crippen LogP contribution in [0.5, 0.6) is 0 Å². The zero-order valence-electron chi connectivity index (χ0n) is 20.1. The summed E-state index contributed by atoms with van der Waals surface area (Å²) in [4.78, 5) is 26.8. The predicted molar refractivity (Wildman–Crippen MR) is 131 cm³/mol. The molecule has 0 radical (unpaired) electrons. The van der Waals surface area contributed by atoms with E-state index in [0.717, 1.165) is 41.5 Å². The van der Waals surface area contributed by atoms with Crippen molar-refractivity contribution < 1.29 is 13.9 Å². The van der Waals surface area contributed by atoms with Gasteiger partial charge in [-0.25, -0.2) is 4.79 Å². The van der Waals surface area contributed by atoms with E-state index in [4.69, 9.17) is 9.15 Å². The molecule has 4 rings (SSSR count). The van der Waals surface area contributed by atoms with Gasteiger partial charge >= 0.3 is 5.63 Å². The number of benzene rings is 2. The number of carbonyl (C=O) groups is 1. The molecule has 1 saturated heterocycles. The van der Waals surface area contributed by atoms with Gasteiger partial charge in [-0.1, -0.05) is 52.0 Å². The van der Waals surface area contributed by atoms with Crippen molar-refractivity contribution in [3.05, 3.63) is 70.1 Å². The second kappa shape index (κ2) is 12.2.